The third kappa shape index (κ3) is 3.43. The predicted molar refractivity (Wildman–Crippen MR) is 151 cm³/mol. The summed E-state index contributed by atoms with van der Waals surface area (Å²) in [4.78, 5) is 10.2. The standard InChI is InChI=1S/C34H22N2/c1-2-11-26(12-3-1)32-31-22-21-24-10-5-7-15-30(24)33(31)36-34(35-32)27-19-17-25(18-20-27)29-16-8-13-23-9-4-6-14-28(23)29/h1-22H. The fourth-order valence-electron chi connectivity index (χ4n) is 5.08. The van der Waals surface area contributed by atoms with Crippen LogP contribution in [0.15, 0.2) is 133 Å². The van der Waals surface area contributed by atoms with Crippen molar-refractivity contribution in [2.45, 2.75) is 0 Å². The molecule has 0 N–H and O–H groups in total. The first-order valence-electron chi connectivity index (χ1n) is 12.2. The van der Waals surface area contributed by atoms with Gasteiger partial charge in [0.05, 0.1) is 11.2 Å². The third-order valence-electron chi connectivity index (χ3n) is 6.88. The molecule has 0 unspecified atom stereocenters. The Hall–Kier alpha value is -4.82. The Kier molecular flexibility index (Phi) is 4.82. The zero-order chi connectivity index (χ0) is 23.9. The molecule has 0 aliphatic rings. The first-order valence-corrected chi connectivity index (χ1v) is 12.2. The lowest BCUT2D eigenvalue weighted by Crippen LogP contribution is -1.96. The van der Waals surface area contributed by atoms with Crippen molar-refractivity contribution < 1.29 is 0 Å². The molecule has 168 valence electrons. The fraction of sp³-hybridized carbons (Fsp3) is 0. The van der Waals surface area contributed by atoms with E-state index in [9.17, 15) is 0 Å². The van der Waals surface area contributed by atoms with Crippen molar-refractivity contribution in [3.8, 4) is 33.8 Å². The van der Waals surface area contributed by atoms with Gasteiger partial charge in [0.2, 0.25) is 0 Å². The lowest BCUT2D eigenvalue weighted by molar-refractivity contribution is 1.23. The van der Waals surface area contributed by atoms with Crippen molar-refractivity contribution in [3.05, 3.63) is 133 Å². The van der Waals surface area contributed by atoms with E-state index < -0.39 is 0 Å². The summed E-state index contributed by atoms with van der Waals surface area (Å²) in [6.45, 7) is 0. The van der Waals surface area contributed by atoms with Crippen molar-refractivity contribution in [2.75, 3.05) is 0 Å². The first kappa shape index (κ1) is 20.5. The van der Waals surface area contributed by atoms with Gasteiger partial charge in [0.25, 0.3) is 0 Å². The number of rotatable bonds is 3. The maximum absolute atomic E-state index is 5.10. The molecule has 1 heterocycles. The molecule has 7 aromatic rings. The quantitative estimate of drug-likeness (QED) is 0.247. The van der Waals surface area contributed by atoms with Crippen molar-refractivity contribution in [3.63, 3.8) is 0 Å². The van der Waals surface area contributed by atoms with Crippen LogP contribution in [-0.4, -0.2) is 9.97 Å². The van der Waals surface area contributed by atoms with Crippen LogP contribution in [0.5, 0.6) is 0 Å². The van der Waals surface area contributed by atoms with Crippen molar-refractivity contribution >= 4 is 32.4 Å². The summed E-state index contributed by atoms with van der Waals surface area (Å²) in [5.74, 6) is 0.738. The minimum Gasteiger partial charge on any atom is -0.227 e. The highest BCUT2D eigenvalue weighted by atomic mass is 14.9. The molecule has 2 nitrogen and oxygen atoms in total. The van der Waals surface area contributed by atoms with E-state index in [1.165, 1.54) is 27.3 Å². The van der Waals surface area contributed by atoms with Gasteiger partial charge < -0.3 is 0 Å². The summed E-state index contributed by atoms with van der Waals surface area (Å²) >= 11 is 0. The second kappa shape index (κ2) is 8.44. The number of aromatic nitrogens is 2. The molecule has 2 heteroatoms. The van der Waals surface area contributed by atoms with Crippen LogP contribution in [0.2, 0.25) is 0 Å². The van der Waals surface area contributed by atoms with E-state index in [1.54, 1.807) is 0 Å². The molecule has 0 atom stereocenters. The van der Waals surface area contributed by atoms with Crippen LogP contribution in [0.25, 0.3) is 66.2 Å². The molecule has 0 bridgehead atoms. The van der Waals surface area contributed by atoms with Gasteiger partial charge in [0.15, 0.2) is 5.82 Å². The van der Waals surface area contributed by atoms with E-state index in [1.807, 2.05) is 6.07 Å². The Morgan fingerprint density at radius 1 is 0.361 bits per heavy atom. The molecule has 0 radical (unpaired) electrons. The first-order chi connectivity index (χ1) is 17.8. The number of fused-ring (bicyclic) bond motifs is 4. The van der Waals surface area contributed by atoms with E-state index in [0.29, 0.717) is 0 Å². The van der Waals surface area contributed by atoms with Crippen LogP contribution in [0.4, 0.5) is 0 Å². The minimum absolute atomic E-state index is 0.738. The zero-order valence-corrected chi connectivity index (χ0v) is 19.6. The van der Waals surface area contributed by atoms with E-state index in [-0.39, 0.29) is 0 Å². The number of hydrogen-bond acceptors (Lipinski definition) is 2. The van der Waals surface area contributed by atoms with E-state index in [0.717, 1.165) is 38.9 Å². The molecule has 0 amide bonds. The minimum atomic E-state index is 0.738. The second-order valence-electron chi connectivity index (χ2n) is 9.05. The Morgan fingerprint density at radius 3 is 1.81 bits per heavy atom. The summed E-state index contributed by atoms with van der Waals surface area (Å²) in [5.41, 5.74) is 6.45. The van der Waals surface area contributed by atoms with Crippen LogP contribution in [0.1, 0.15) is 0 Å². The fourth-order valence-corrected chi connectivity index (χ4v) is 5.08. The van der Waals surface area contributed by atoms with Gasteiger partial charge in [-0.25, -0.2) is 9.97 Å². The molecule has 6 aromatic carbocycles. The Labute approximate surface area is 209 Å². The zero-order valence-electron chi connectivity index (χ0n) is 19.6. The molecule has 36 heavy (non-hydrogen) atoms. The van der Waals surface area contributed by atoms with E-state index in [4.69, 9.17) is 9.97 Å². The van der Waals surface area contributed by atoms with Crippen molar-refractivity contribution in [1.82, 2.24) is 9.97 Å². The SMILES string of the molecule is c1ccc(-c2nc(-c3ccc(-c4cccc5ccccc45)cc3)nc3c2ccc2ccccc23)cc1. The summed E-state index contributed by atoms with van der Waals surface area (Å²) in [6, 6.07) is 46.7. The maximum atomic E-state index is 5.10. The lowest BCUT2D eigenvalue weighted by Gasteiger charge is -2.12. The summed E-state index contributed by atoms with van der Waals surface area (Å²) in [7, 11) is 0. The summed E-state index contributed by atoms with van der Waals surface area (Å²) in [5, 5.41) is 5.89. The number of nitrogens with zero attached hydrogens (tertiary/aromatic N) is 2. The van der Waals surface area contributed by atoms with Crippen molar-refractivity contribution in [1.29, 1.82) is 0 Å². The van der Waals surface area contributed by atoms with Crippen LogP contribution >= 0.6 is 0 Å². The van der Waals surface area contributed by atoms with Gasteiger partial charge in [-0.2, -0.15) is 0 Å². The van der Waals surface area contributed by atoms with Crippen LogP contribution in [0, 0.1) is 0 Å². The number of benzene rings is 6. The average Bonchev–Trinajstić information content (AvgIpc) is 2.97. The highest BCUT2D eigenvalue weighted by molar-refractivity contribution is 6.09. The molecule has 7 rings (SSSR count). The lowest BCUT2D eigenvalue weighted by atomic mass is 9.97. The monoisotopic (exact) mass is 458 g/mol. The molecule has 0 saturated carbocycles. The Balaban J connectivity index is 1.42. The van der Waals surface area contributed by atoms with Gasteiger partial charge in [-0.15, -0.1) is 0 Å². The smallest absolute Gasteiger partial charge is 0.160 e. The van der Waals surface area contributed by atoms with E-state index >= 15 is 0 Å². The van der Waals surface area contributed by atoms with Crippen LogP contribution in [-0.2, 0) is 0 Å². The maximum Gasteiger partial charge on any atom is 0.160 e. The normalized spacial score (nSPS) is 11.3. The predicted octanol–water partition coefficient (Wildman–Crippen LogP) is 8.94. The molecule has 1 aromatic heterocycles. The van der Waals surface area contributed by atoms with Gasteiger partial charge in [-0.3, -0.25) is 0 Å². The molecule has 0 saturated heterocycles. The topological polar surface area (TPSA) is 25.8 Å². The molecular weight excluding hydrogens is 436 g/mol. The molecule has 0 spiro atoms. The largest absolute Gasteiger partial charge is 0.227 e. The van der Waals surface area contributed by atoms with Crippen LogP contribution < -0.4 is 0 Å². The van der Waals surface area contributed by atoms with Gasteiger partial charge in [-0.05, 0) is 33.4 Å². The average molecular weight is 459 g/mol. The van der Waals surface area contributed by atoms with Gasteiger partial charge in [0.1, 0.15) is 0 Å². The Bertz CT molecular complexity index is 1870. The summed E-state index contributed by atoms with van der Waals surface area (Å²) in [6.07, 6.45) is 0. The van der Waals surface area contributed by atoms with Crippen LogP contribution in [0.3, 0.4) is 0 Å². The summed E-state index contributed by atoms with van der Waals surface area (Å²) < 4.78 is 0. The highest BCUT2D eigenvalue weighted by Gasteiger charge is 2.14. The molecule has 0 fully saturated rings. The molecule has 0 aliphatic carbocycles. The highest BCUT2D eigenvalue weighted by Crippen LogP contribution is 2.34. The van der Waals surface area contributed by atoms with Gasteiger partial charge in [-0.1, -0.05) is 127 Å². The molecule has 0 aliphatic heterocycles. The van der Waals surface area contributed by atoms with Gasteiger partial charge >= 0.3 is 0 Å². The van der Waals surface area contributed by atoms with Crippen molar-refractivity contribution in [2.24, 2.45) is 0 Å². The van der Waals surface area contributed by atoms with E-state index in [2.05, 4.69) is 127 Å². The van der Waals surface area contributed by atoms with Gasteiger partial charge in [0, 0.05) is 21.9 Å². The molecular formula is C34H22N2. The second-order valence-corrected chi connectivity index (χ2v) is 9.05. The third-order valence-corrected chi connectivity index (χ3v) is 6.88. The Morgan fingerprint density at radius 2 is 1.00 bits per heavy atom. The number of hydrogen-bond donors (Lipinski definition) is 0.